The number of nitrogens with zero attached hydrogens (tertiary/aromatic N) is 4. The van der Waals surface area contributed by atoms with Gasteiger partial charge in [-0.3, -0.25) is 4.79 Å². The van der Waals surface area contributed by atoms with E-state index in [9.17, 15) is 4.79 Å². The lowest BCUT2D eigenvalue weighted by Gasteiger charge is -2.37. The maximum Gasteiger partial charge on any atom is 0.255 e. The van der Waals surface area contributed by atoms with Crippen LogP contribution in [0, 0.1) is 0 Å². The lowest BCUT2D eigenvalue weighted by Crippen LogP contribution is -2.47. The third-order valence-corrected chi connectivity index (χ3v) is 5.92. The molecule has 3 heterocycles. The van der Waals surface area contributed by atoms with Crippen molar-refractivity contribution in [1.82, 2.24) is 9.88 Å². The molecular weight excluding hydrogens is 364 g/mol. The van der Waals surface area contributed by atoms with E-state index < -0.39 is 0 Å². The minimum atomic E-state index is 0.118. The summed E-state index contributed by atoms with van der Waals surface area (Å²) in [5.74, 6) is 1.97. The van der Waals surface area contributed by atoms with E-state index in [2.05, 4.69) is 20.9 Å². The highest BCUT2D eigenvalue weighted by atomic mass is 16.5. The average Bonchev–Trinajstić information content (AvgIpc) is 3.08. The Morgan fingerprint density at radius 2 is 1.55 bits per heavy atom. The van der Waals surface area contributed by atoms with Gasteiger partial charge in [-0.1, -0.05) is 25.0 Å². The smallest absolute Gasteiger partial charge is 0.255 e. The summed E-state index contributed by atoms with van der Waals surface area (Å²) in [6.45, 7) is 5.35. The van der Waals surface area contributed by atoms with Crippen LogP contribution in [-0.2, 0) is 0 Å². The molecule has 4 rings (SSSR count). The number of likely N-dealkylation sites (tertiary alicyclic amines) is 1. The highest BCUT2D eigenvalue weighted by molar-refractivity contribution is 5.94. The number of hydrogen-bond donors (Lipinski definition) is 0. The number of amides is 1. The van der Waals surface area contributed by atoms with Crippen LogP contribution in [0.3, 0.4) is 0 Å². The fraction of sp³-hybridized carbons (Fsp3) is 0.478. The van der Waals surface area contributed by atoms with Crippen molar-refractivity contribution in [2.75, 3.05) is 56.2 Å². The van der Waals surface area contributed by atoms with E-state index >= 15 is 0 Å². The van der Waals surface area contributed by atoms with E-state index in [-0.39, 0.29) is 5.91 Å². The fourth-order valence-electron chi connectivity index (χ4n) is 4.22. The van der Waals surface area contributed by atoms with Crippen LogP contribution in [0.2, 0.25) is 0 Å². The van der Waals surface area contributed by atoms with E-state index in [1.807, 2.05) is 35.2 Å². The van der Waals surface area contributed by atoms with Crippen LogP contribution in [-0.4, -0.2) is 62.2 Å². The highest BCUT2D eigenvalue weighted by Gasteiger charge is 2.22. The van der Waals surface area contributed by atoms with Crippen LogP contribution in [0.25, 0.3) is 0 Å². The molecule has 2 fully saturated rings. The fourth-order valence-corrected chi connectivity index (χ4v) is 4.22. The predicted molar refractivity (Wildman–Crippen MR) is 116 cm³/mol. The van der Waals surface area contributed by atoms with Crippen molar-refractivity contribution in [3.05, 3.63) is 48.2 Å². The van der Waals surface area contributed by atoms with Gasteiger partial charge < -0.3 is 19.4 Å². The molecule has 0 unspecified atom stereocenters. The number of para-hydroxylation sites is 2. The number of piperazine rings is 1. The van der Waals surface area contributed by atoms with Crippen LogP contribution >= 0.6 is 0 Å². The first kappa shape index (κ1) is 19.6. The van der Waals surface area contributed by atoms with Gasteiger partial charge in [-0.2, -0.15) is 0 Å². The standard InChI is InChI=1S/C23H30N4O2/c1-29-21-9-5-4-8-20(21)25-14-16-26(17-15-25)22-11-10-19(18-24-22)23(28)27-12-6-2-3-7-13-27/h4-5,8-11,18H,2-3,6-7,12-17H2,1H3. The molecule has 0 aliphatic carbocycles. The summed E-state index contributed by atoms with van der Waals surface area (Å²) in [6.07, 6.45) is 6.40. The number of hydrogen-bond acceptors (Lipinski definition) is 5. The number of rotatable bonds is 4. The Hall–Kier alpha value is -2.76. The molecule has 2 aliphatic rings. The van der Waals surface area contributed by atoms with Gasteiger partial charge in [-0.05, 0) is 37.1 Å². The first-order valence-electron chi connectivity index (χ1n) is 10.6. The van der Waals surface area contributed by atoms with E-state index in [1.165, 1.54) is 12.8 Å². The number of pyridine rings is 1. The molecule has 0 N–H and O–H groups in total. The summed E-state index contributed by atoms with van der Waals surface area (Å²) in [5, 5.41) is 0. The maximum absolute atomic E-state index is 12.8. The van der Waals surface area contributed by atoms with E-state index in [0.29, 0.717) is 5.56 Å². The van der Waals surface area contributed by atoms with Crippen LogP contribution in [0.5, 0.6) is 5.75 Å². The highest BCUT2D eigenvalue weighted by Crippen LogP contribution is 2.29. The van der Waals surface area contributed by atoms with Crippen molar-refractivity contribution in [2.24, 2.45) is 0 Å². The summed E-state index contributed by atoms with van der Waals surface area (Å²) in [4.78, 5) is 24.0. The SMILES string of the molecule is COc1ccccc1N1CCN(c2ccc(C(=O)N3CCCCCC3)cn2)CC1. The zero-order valence-corrected chi connectivity index (χ0v) is 17.2. The minimum Gasteiger partial charge on any atom is -0.495 e. The number of carbonyl (C=O) groups is 1. The van der Waals surface area contributed by atoms with Crippen molar-refractivity contribution in [1.29, 1.82) is 0 Å². The molecule has 0 atom stereocenters. The third-order valence-electron chi connectivity index (χ3n) is 5.92. The molecule has 6 heteroatoms. The van der Waals surface area contributed by atoms with Gasteiger partial charge in [0.2, 0.25) is 0 Å². The normalized spacial score (nSPS) is 17.8. The summed E-state index contributed by atoms with van der Waals surface area (Å²) in [6, 6.07) is 12.1. The van der Waals surface area contributed by atoms with E-state index in [1.54, 1.807) is 13.3 Å². The Morgan fingerprint density at radius 3 is 2.21 bits per heavy atom. The number of anilines is 2. The second kappa shape index (κ2) is 9.16. The quantitative estimate of drug-likeness (QED) is 0.795. The first-order valence-corrected chi connectivity index (χ1v) is 10.6. The van der Waals surface area contributed by atoms with Gasteiger partial charge in [0.25, 0.3) is 5.91 Å². The Kier molecular flexibility index (Phi) is 6.17. The van der Waals surface area contributed by atoms with Gasteiger partial charge in [-0.15, -0.1) is 0 Å². The first-order chi connectivity index (χ1) is 14.3. The number of carbonyl (C=O) groups excluding carboxylic acids is 1. The lowest BCUT2D eigenvalue weighted by atomic mass is 10.2. The molecule has 29 heavy (non-hydrogen) atoms. The van der Waals surface area contributed by atoms with Crippen LogP contribution in [0.15, 0.2) is 42.6 Å². The molecule has 2 aliphatic heterocycles. The maximum atomic E-state index is 12.8. The van der Waals surface area contributed by atoms with Gasteiger partial charge in [0.15, 0.2) is 0 Å². The monoisotopic (exact) mass is 394 g/mol. The summed E-state index contributed by atoms with van der Waals surface area (Å²) in [5.41, 5.74) is 1.84. The van der Waals surface area contributed by atoms with Crippen LogP contribution in [0.1, 0.15) is 36.0 Å². The largest absolute Gasteiger partial charge is 0.495 e. The van der Waals surface area contributed by atoms with Gasteiger partial charge in [0, 0.05) is 45.5 Å². The van der Waals surface area contributed by atoms with Gasteiger partial charge in [0.1, 0.15) is 11.6 Å². The topological polar surface area (TPSA) is 48.9 Å². The molecule has 0 saturated carbocycles. The Morgan fingerprint density at radius 1 is 0.862 bits per heavy atom. The van der Waals surface area contributed by atoms with Crippen molar-refractivity contribution in [3.63, 3.8) is 0 Å². The molecule has 1 aromatic carbocycles. The zero-order chi connectivity index (χ0) is 20.1. The van der Waals surface area contributed by atoms with Gasteiger partial charge in [-0.25, -0.2) is 4.98 Å². The van der Waals surface area contributed by atoms with E-state index in [4.69, 9.17) is 4.74 Å². The second-order valence-corrected chi connectivity index (χ2v) is 7.76. The average molecular weight is 395 g/mol. The van der Waals surface area contributed by atoms with Crippen molar-refractivity contribution < 1.29 is 9.53 Å². The van der Waals surface area contributed by atoms with Gasteiger partial charge >= 0.3 is 0 Å². The molecule has 2 saturated heterocycles. The molecule has 154 valence electrons. The molecule has 0 spiro atoms. The molecule has 0 radical (unpaired) electrons. The minimum absolute atomic E-state index is 0.118. The van der Waals surface area contributed by atoms with Crippen LogP contribution < -0.4 is 14.5 Å². The summed E-state index contributed by atoms with van der Waals surface area (Å²) >= 11 is 0. The Bertz CT molecular complexity index is 808. The molecular formula is C23H30N4O2. The second-order valence-electron chi connectivity index (χ2n) is 7.76. The number of ether oxygens (including phenoxy) is 1. The predicted octanol–water partition coefficient (Wildman–Crippen LogP) is 3.43. The molecule has 6 nitrogen and oxygen atoms in total. The Balaban J connectivity index is 1.37. The molecule has 2 aromatic rings. The van der Waals surface area contributed by atoms with Crippen LogP contribution in [0.4, 0.5) is 11.5 Å². The Labute approximate surface area is 173 Å². The third kappa shape index (κ3) is 4.47. The molecule has 0 bridgehead atoms. The number of benzene rings is 1. The number of methoxy groups -OCH3 is 1. The summed E-state index contributed by atoms with van der Waals surface area (Å²) in [7, 11) is 1.72. The molecule has 1 aromatic heterocycles. The summed E-state index contributed by atoms with van der Waals surface area (Å²) < 4.78 is 5.50. The zero-order valence-electron chi connectivity index (χ0n) is 17.2. The van der Waals surface area contributed by atoms with E-state index in [0.717, 1.165) is 69.4 Å². The van der Waals surface area contributed by atoms with Gasteiger partial charge in [0.05, 0.1) is 18.4 Å². The van der Waals surface area contributed by atoms with Crippen molar-refractivity contribution in [2.45, 2.75) is 25.7 Å². The van der Waals surface area contributed by atoms with Crippen molar-refractivity contribution in [3.8, 4) is 5.75 Å². The number of aromatic nitrogens is 1. The van der Waals surface area contributed by atoms with Crippen molar-refractivity contribution >= 4 is 17.4 Å². The molecule has 1 amide bonds. The lowest BCUT2D eigenvalue weighted by molar-refractivity contribution is 0.0761.